The van der Waals surface area contributed by atoms with E-state index in [-0.39, 0.29) is 23.8 Å². The molecule has 3 unspecified atom stereocenters. The van der Waals surface area contributed by atoms with Crippen molar-refractivity contribution in [1.29, 1.82) is 0 Å². The van der Waals surface area contributed by atoms with Crippen molar-refractivity contribution in [2.75, 3.05) is 7.05 Å². The van der Waals surface area contributed by atoms with Gasteiger partial charge in [0.15, 0.2) is 0 Å². The van der Waals surface area contributed by atoms with E-state index in [1.165, 1.54) is 5.56 Å². The smallest absolute Gasteiger partial charge is 0.260 e. The van der Waals surface area contributed by atoms with Gasteiger partial charge in [0.25, 0.3) is 5.91 Å². The van der Waals surface area contributed by atoms with Crippen molar-refractivity contribution in [3.05, 3.63) is 40.3 Å². The third-order valence-electron chi connectivity index (χ3n) is 5.83. The molecule has 1 heterocycles. The molecule has 3 aliphatic rings. The molecule has 0 radical (unpaired) electrons. The molecular weight excluding hydrogens is 344 g/mol. The molecule has 26 heavy (non-hydrogen) atoms. The minimum absolute atomic E-state index is 0.0506. The highest BCUT2D eigenvalue weighted by Gasteiger charge is 2.43. The number of likely N-dealkylation sites (N-methyl/N-ethyl adjacent to an activating group) is 1. The molecule has 5 heteroatoms. The van der Waals surface area contributed by atoms with Gasteiger partial charge in [-0.1, -0.05) is 24.3 Å². The molecule has 4 nitrogen and oxygen atoms in total. The highest BCUT2D eigenvalue weighted by molar-refractivity contribution is 8.04. The van der Waals surface area contributed by atoms with Gasteiger partial charge in [-0.2, -0.15) is 0 Å². The zero-order valence-electron chi connectivity index (χ0n) is 15.4. The number of benzene rings is 1. The fourth-order valence-electron chi connectivity index (χ4n) is 3.97. The van der Waals surface area contributed by atoms with Crippen LogP contribution in [0.2, 0.25) is 0 Å². The summed E-state index contributed by atoms with van der Waals surface area (Å²) in [7, 11) is 1.90. The Kier molecular flexibility index (Phi) is 4.82. The monoisotopic (exact) mass is 370 g/mol. The van der Waals surface area contributed by atoms with E-state index in [2.05, 4.69) is 24.4 Å². The second-order valence-corrected chi connectivity index (χ2v) is 9.08. The van der Waals surface area contributed by atoms with Crippen LogP contribution in [0.1, 0.15) is 43.2 Å². The number of rotatable bonds is 3. The zero-order chi connectivity index (χ0) is 18.3. The molecule has 2 amide bonds. The lowest BCUT2D eigenvalue weighted by Gasteiger charge is -2.44. The van der Waals surface area contributed by atoms with Crippen molar-refractivity contribution in [1.82, 2.24) is 10.2 Å². The zero-order valence-corrected chi connectivity index (χ0v) is 16.2. The third kappa shape index (κ3) is 3.54. The summed E-state index contributed by atoms with van der Waals surface area (Å²) in [5.41, 5.74) is 2.28. The molecule has 0 spiro atoms. The molecule has 0 aromatic heterocycles. The molecule has 2 saturated carbocycles. The molecule has 3 atom stereocenters. The third-order valence-corrected chi connectivity index (χ3v) is 7.23. The van der Waals surface area contributed by atoms with Crippen molar-refractivity contribution in [2.24, 2.45) is 5.92 Å². The van der Waals surface area contributed by atoms with Gasteiger partial charge < -0.3 is 10.2 Å². The number of carbonyl (C=O) groups is 2. The molecule has 0 bridgehead atoms. The predicted octanol–water partition coefficient (Wildman–Crippen LogP) is 3.36. The van der Waals surface area contributed by atoms with Gasteiger partial charge in [-0.05, 0) is 56.2 Å². The van der Waals surface area contributed by atoms with E-state index >= 15 is 0 Å². The van der Waals surface area contributed by atoms with E-state index in [0.717, 1.165) is 42.6 Å². The second-order valence-electron chi connectivity index (χ2n) is 7.80. The van der Waals surface area contributed by atoms with Crippen LogP contribution in [0.25, 0.3) is 6.08 Å². The molecule has 3 fully saturated rings. The molecule has 1 aromatic carbocycles. The van der Waals surface area contributed by atoms with Crippen molar-refractivity contribution in [3.8, 4) is 0 Å². The van der Waals surface area contributed by atoms with Crippen LogP contribution in [-0.2, 0) is 9.59 Å². The SMILES string of the molecule is Cc1ccccc1/C=C1\SC2CCC(C(=O)NC3CC3)CC2N(C)C1=O. The van der Waals surface area contributed by atoms with Crippen LogP contribution in [0, 0.1) is 12.8 Å². The minimum atomic E-state index is 0.0506. The topological polar surface area (TPSA) is 49.4 Å². The Morgan fingerprint density at radius 2 is 2.00 bits per heavy atom. The molecule has 1 aliphatic heterocycles. The Bertz CT molecular complexity index is 756. The van der Waals surface area contributed by atoms with Gasteiger partial charge >= 0.3 is 0 Å². The largest absolute Gasteiger partial charge is 0.353 e. The number of nitrogens with zero attached hydrogens (tertiary/aromatic N) is 1. The van der Waals surface area contributed by atoms with Crippen LogP contribution in [-0.4, -0.2) is 41.1 Å². The molecule has 1 saturated heterocycles. The van der Waals surface area contributed by atoms with E-state index in [1.54, 1.807) is 11.8 Å². The Balaban J connectivity index is 1.49. The summed E-state index contributed by atoms with van der Waals surface area (Å²) in [4.78, 5) is 28.0. The summed E-state index contributed by atoms with van der Waals surface area (Å²) in [6.07, 6.45) is 6.96. The standard InChI is InChI=1S/C21H26N2O2S/c1-13-5-3-4-6-14(13)12-19-21(25)23(2)17-11-15(7-10-18(17)26-19)20(24)22-16-8-9-16/h3-6,12,15-18H,7-11H2,1-2H3,(H,22,24)/b19-12-. The van der Waals surface area contributed by atoms with E-state index in [4.69, 9.17) is 0 Å². The van der Waals surface area contributed by atoms with E-state index in [1.807, 2.05) is 30.2 Å². The van der Waals surface area contributed by atoms with Gasteiger partial charge in [-0.3, -0.25) is 9.59 Å². The number of hydrogen-bond donors (Lipinski definition) is 1. The lowest BCUT2D eigenvalue weighted by Crippen LogP contribution is -2.52. The second kappa shape index (κ2) is 7.10. The van der Waals surface area contributed by atoms with E-state index in [0.29, 0.717) is 11.3 Å². The first kappa shape index (κ1) is 17.7. The number of hydrogen-bond acceptors (Lipinski definition) is 3. The van der Waals surface area contributed by atoms with Crippen LogP contribution in [0.5, 0.6) is 0 Å². The van der Waals surface area contributed by atoms with Crippen LogP contribution in [0.3, 0.4) is 0 Å². The molecule has 4 rings (SSSR count). The van der Waals surface area contributed by atoms with Crippen LogP contribution in [0.4, 0.5) is 0 Å². The fraction of sp³-hybridized carbons (Fsp3) is 0.524. The van der Waals surface area contributed by atoms with E-state index < -0.39 is 0 Å². The summed E-state index contributed by atoms with van der Waals surface area (Å²) < 4.78 is 0. The number of carbonyl (C=O) groups excluding carboxylic acids is 2. The molecular formula is C21H26N2O2S. The van der Waals surface area contributed by atoms with Gasteiger partial charge in [-0.15, -0.1) is 11.8 Å². The Hall–Kier alpha value is -1.75. The number of thioether (sulfide) groups is 1. The van der Waals surface area contributed by atoms with Crippen molar-refractivity contribution in [2.45, 2.75) is 56.4 Å². The molecule has 1 N–H and O–H groups in total. The van der Waals surface area contributed by atoms with Crippen molar-refractivity contribution < 1.29 is 9.59 Å². The average Bonchev–Trinajstić information content (AvgIpc) is 3.45. The highest BCUT2D eigenvalue weighted by Crippen LogP contribution is 2.43. The summed E-state index contributed by atoms with van der Waals surface area (Å²) in [5.74, 6) is 0.329. The number of nitrogens with one attached hydrogen (secondary N) is 1. The predicted molar refractivity (Wildman–Crippen MR) is 106 cm³/mol. The first-order chi connectivity index (χ1) is 12.5. The van der Waals surface area contributed by atoms with Crippen molar-refractivity contribution >= 4 is 29.7 Å². The Labute approximate surface area is 159 Å². The lowest BCUT2D eigenvalue weighted by molar-refractivity contribution is -0.132. The quantitative estimate of drug-likeness (QED) is 0.830. The first-order valence-electron chi connectivity index (χ1n) is 9.54. The lowest BCUT2D eigenvalue weighted by atomic mass is 9.83. The fourth-order valence-corrected chi connectivity index (χ4v) is 5.44. The molecule has 2 aliphatic carbocycles. The highest BCUT2D eigenvalue weighted by atomic mass is 32.2. The normalized spacial score (nSPS) is 30.2. The van der Waals surface area contributed by atoms with Gasteiger partial charge in [-0.25, -0.2) is 0 Å². The number of aryl methyl sites for hydroxylation is 1. The van der Waals surface area contributed by atoms with Gasteiger partial charge in [0, 0.05) is 30.3 Å². The van der Waals surface area contributed by atoms with Crippen LogP contribution in [0.15, 0.2) is 29.2 Å². The molecule has 1 aromatic rings. The molecule has 138 valence electrons. The van der Waals surface area contributed by atoms with E-state index in [9.17, 15) is 9.59 Å². The minimum Gasteiger partial charge on any atom is -0.353 e. The van der Waals surface area contributed by atoms with Gasteiger partial charge in [0.2, 0.25) is 5.91 Å². The maximum absolute atomic E-state index is 12.9. The number of fused-ring (bicyclic) bond motifs is 1. The maximum atomic E-state index is 12.9. The van der Waals surface area contributed by atoms with Crippen molar-refractivity contribution in [3.63, 3.8) is 0 Å². The Morgan fingerprint density at radius 3 is 2.73 bits per heavy atom. The summed E-state index contributed by atoms with van der Waals surface area (Å²) >= 11 is 1.71. The first-order valence-corrected chi connectivity index (χ1v) is 10.4. The average molecular weight is 371 g/mol. The maximum Gasteiger partial charge on any atom is 0.260 e. The Morgan fingerprint density at radius 1 is 1.23 bits per heavy atom. The summed E-state index contributed by atoms with van der Waals surface area (Å²) in [5, 5.41) is 3.52. The summed E-state index contributed by atoms with van der Waals surface area (Å²) in [6.45, 7) is 2.07. The van der Waals surface area contributed by atoms with Gasteiger partial charge in [0.05, 0.1) is 4.91 Å². The summed E-state index contributed by atoms with van der Waals surface area (Å²) in [6, 6.07) is 8.72. The number of amides is 2. The van der Waals surface area contributed by atoms with Crippen LogP contribution >= 0.6 is 11.8 Å². The van der Waals surface area contributed by atoms with Crippen LogP contribution < -0.4 is 5.32 Å². The van der Waals surface area contributed by atoms with Gasteiger partial charge in [0.1, 0.15) is 0 Å².